The molecule has 28 heavy (non-hydrogen) atoms. The molecule has 3 heterocycles. The number of imidazole rings is 1. The zero-order valence-corrected chi connectivity index (χ0v) is 17.1. The molecular weight excluding hydrogens is 358 g/mol. The molecule has 0 atom stereocenters. The van der Waals surface area contributed by atoms with E-state index >= 15 is 0 Å². The Hall–Kier alpha value is -2.89. The molecular formula is C19H27N7O2. The van der Waals surface area contributed by atoms with E-state index in [0.717, 1.165) is 12.8 Å². The lowest BCUT2D eigenvalue weighted by molar-refractivity contribution is 0.0190. The van der Waals surface area contributed by atoms with Crippen LogP contribution in [0.25, 0.3) is 11.2 Å². The monoisotopic (exact) mass is 385 g/mol. The van der Waals surface area contributed by atoms with Crippen molar-refractivity contribution in [2.75, 3.05) is 18.4 Å². The fourth-order valence-electron chi connectivity index (χ4n) is 3.33. The van der Waals surface area contributed by atoms with E-state index in [1.807, 2.05) is 39.2 Å². The Bertz CT molecular complexity index is 899. The van der Waals surface area contributed by atoms with Crippen LogP contribution < -0.4 is 5.32 Å². The second-order valence-electron chi connectivity index (χ2n) is 8.31. The Labute approximate surface area is 164 Å². The molecule has 1 amide bonds. The number of piperidine rings is 1. The SMILES string of the molecule is CC(C)Nc1nc2c(C#N)ncnc2n1C1CCN(C(=O)OC(C)(C)C)CC1. The van der Waals surface area contributed by atoms with Gasteiger partial charge in [-0.05, 0) is 47.5 Å². The molecule has 0 saturated carbocycles. The Morgan fingerprint density at radius 2 is 2.00 bits per heavy atom. The van der Waals surface area contributed by atoms with Gasteiger partial charge in [0.2, 0.25) is 5.95 Å². The zero-order chi connectivity index (χ0) is 20.5. The van der Waals surface area contributed by atoms with E-state index in [1.165, 1.54) is 6.33 Å². The third-order valence-corrected chi connectivity index (χ3v) is 4.48. The van der Waals surface area contributed by atoms with Crippen molar-refractivity contribution >= 4 is 23.2 Å². The van der Waals surface area contributed by atoms with Crippen molar-refractivity contribution in [3.05, 3.63) is 12.0 Å². The number of nitrogens with zero attached hydrogens (tertiary/aromatic N) is 6. The fourth-order valence-corrected chi connectivity index (χ4v) is 3.33. The van der Waals surface area contributed by atoms with Gasteiger partial charge in [-0.15, -0.1) is 0 Å². The van der Waals surface area contributed by atoms with Gasteiger partial charge in [0.05, 0.1) is 0 Å². The van der Waals surface area contributed by atoms with Crippen LogP contribution in [0.4, 0.5) is 10.7 Å². The van der Waals surface area contributed by atoms with Gasteiger partial charge in [-0.1, -0.05) is 0 Å². The Balaban J connectivity index is 1.86. The molecule has 1 saturated heterocycles. The lowest BCUT2D eigenvalue weighted by Crippen LogP contribution is -2.42. The second-order valence-corrected chi connectivity index (χ2v) is 8.31. The van der Waals surface area contributed by atoms with E-state index in [9.17, 15) is 10.1 Å². The normalized spacial score (nSPS) is 15.7. The highest BCUT2D eigenvalue weighted by Crippen LogP contribution is 2.31. The Morgan fingerprint density at radius 1 is 1.32 bits per heavy atom. The molecule has 2 aromatic heterocycles. The van der Waals surface area contributed by atoms with Crippen molar-refractivity contribution in [1.82, 2.24) is 24.4 Å². The molecule has 1 aliphatic rings. The Morgan fingerprint density at radius 3 is 2.57 bits per heavy atom. The van der Waals surface area contributed by atoms with Crippen LogP contribution in [0.15, 0.2) is 6.33 Å². The number of amides is 1. The summed E-state index contributed by atoms with van der Waals surface area (Å²) in [6, 6.07) is 2.38. The number of hydrogen-bond acceptors (Lipinski definition) is 7. The number of carbonyl (C=O) groups excluding carboxylic acids is 1. The maximum atomic E-state index is 12.3. The molecule has 0 aliphatic carbocycles. The van der Waals surface area contributed by atoms with Crippen LogP contribution in [0.3, 0.4) is 0 Å². The van der Waals surface area contributed by atoms with Gasteiger partial charge in [0.25, 0.3) is 0 Å². The van der Waals surface area contributed by atoms with Crippen LogP contribution in [-0.4, -0.2) is 55.2 Å². The second kappa shape index (κ2) is 7.62. The smallest absolute Gasteiger partial charge is 0.410 e. The van der Waals surface area contributed by atoms with Gasteiger partial charge >= 0.3 is 6.09 Å². The number of aromatic nitrogens is 4. The molecule has 150 valence electrons. The average Bonchev–Trinajstić information content (AvgIpc) is 2.97. The molecule has 3 rings (SSSR count). The molecule has 9 heteroatoms. The summed E-state index contributed by atoms with van der Waals surface area (Å²) in [4.78, 5) is 27.1. The molecule has 0 unspecified atom stereocenters. The number of carbonyl (C=O) groups is 1. The van der Waals surface area contributed by atoms with E-state index in [4.69, 9.17) is 4.74 Å². The minimum atomic E-state index is -0.506. The number of ether oxygens (including phenoxy) is 1. The average molecular weight is 385 g/mol. The molecule has 0 bridgehead atoms. The van der Waals surface area contributed by atoms with Crippen molar-refractivity contribution in [3.8, 4) is 6.07 Å². The van der Waals surface area contributed by atoms with Gasteiger partial charge < -0.3 is 15.0 Å². The lowest BCUT2D eigenvalue weighted by atomic mass is 10.1. The summed E-state index contributed by atoms with van der Waals surface area (Å²) in [5.74, 6) is 0.678. The standard InChI is InChI=1S/C19H27N7O2/c1-12(2)23-17-24-15-14(10-20)21-11-22-16(15)26(17)13-6-8-25(9-7-13)18(27)28-19(3,4)5/h11-13H,6-9H2,1-5H3,(H,23,24). The van der Waals surface area contributed by atoms with Gasteiger partial charge in [0, 0.05) is 25.2 Å². The minimum Gasteiger partial charge on any atom is -0.444 e. The van der Waals surface area contributed by atoms with E-state index in [0.29, 0.717) is 30.2 Å². The quantitative estimate of drug-likeness (QED) is 0.864. The highest BCUT2D eigenvalue weighted by molar-refractivity contribution is 5.79. The highest BCUT2D eigenvalue weighted by Gasteiger charge is 2.30. The summed E-state index contributed by atoms with van der Waals surface area (Å²) in [6.45, 7) is 10.9. The topological polar surface area (TPSA) is 109 Å². The summed E-state index contributed by atoms with van der Waals surface area (Å²) < 4.78 is 7.52. The zero-order valence-electron chi connectivity index (χ0n) is 17.1. The predicted molar refractivity (Wildman–Crippen MR) is 105 cm³/mol. The summed E-state index contributed by atoms with van der Waals surface area (Å²) in [5, 5.41) is 12.7. The lowest BCUT2D eigenvalue weighted by Gasteiger charge is -2.34. The van der Waals surface area contributed by atoms with Crippen LogP contribution in [0.5, 0.6) is 0 Å². The van der Waals surface area contributed by atoms with E-state index in [-0.39, 0.29) is 23.9 Å². The third kappa shape index (κ3) is 4.16. The minimum absolute atomic E-state index is 0.117. The van der Waals surface area contributed by atoms with Crippen LogP contribution in [0.1, 0.15) is 59.2 Å². The molecule has 1 fully saturated rings. The highest BCUT2D eigenvalue weighted by atomic mass is 16.6. The summed E-state index contributed by atoms with van der Waals surface area (Å²) in [7, 11) is 0. The third-order valence-electron chi connectivity index (χ3n) is 4.48. The number of likely N-dealkylation sites (tertiary alicyclic amines) is 1. The number of rotatable bonds is 3. The van der Waals surface area contributed by atoms with Crippen molar-refractivity contribution in [1.29, 1.82) is 5.26 Å². The molecule has 0 spiro atoms. The first-order valence-corrected chi connectivity index (χ1v) is 9.57. The van der Waals surface area contributed by atoms with Crippen molar-refractivity contribution in [2.24, 2.45) is 0 Å². The number of anilines is 1. The first-order chi connectivity index (χ1) is 13.2. The first kappa shape index (κ1) is 19.9. The summed E-state index contributed by atoms with van der Waals surface area (Å²) in [5.41, 5.74) is 0.905. The van der Waals surface area contributed by atoms with Gasteiger partial charge in [-0.25, -0.2) is 19.7 Å². The number of nitrogens with one attached hydrogen (secondary N) is 1. The molecule has 1 aliphatic heterocycles. The van der Waals surface area contributed by atoms with E-state index in [1.54, 1.807) is 4.90 Å². The van der Waals surface area contributed by atoms with Crippen LogP contribution >= 0.6 is 0 Å². The number of hydrogen-bond donors (Lipinski definition) is 1. The Kier molecular flexibility index (Phi) is 5.40. The maximum absolute atomic E-state index is 12.3. The van der Waals surface area contributed by atoms with Crippen molar-refractivity contribution in [3.63, 3.8) is 0 Å². The van der Waals surface area contributed by atoms with Gasteiger partial charge in [0.1, 0.15) is 23.5 Å². The first-order valence-electron chi connectivity index (χ1n) is 9.57. The number of nitriles is 1. The van der Waals surface area contributed by atoms with Gasteiger partial charge in [0.15, 0.2) is 11.3 Å². The summed E-state index contributed by atoms with van der Waals surface area (Å²) >= 11 is 0. The van der Waals surface area contributed by atoms with Gasteiger partial charge in [-0.2, -0.15) is 5.26 Å². The largest absolute Gasteiger partial charge is 0.444 e. The van der Waals surface area contributed by atoms with Crippen LogP contribution in [-0.2, 0) is 4.74 Å². The van der Waals surface area contributed by atoms with Crippen LogP contribution in [0, 0.1) is 11.3 Å². The van der Waals surface area contributed by atoms with Gasteiger partial charge in [-0.3, -0.25) is 4.57 Å². The molecule has 0 radical (unpaired) electrons. The van der Waals surface area contributed by atoms with E-state index in [2.05, 4.69) is 26.3 Å². The number of fused-ring (bicyclic) bond motifs is 1. The molecule has 1 N–H and O–H groups in total. The van der Waals surface area contributed by atoms with Crippen molar-refractivity contribution < 1.29 is 9.53 Å². The summed E-state index contributed by atoms with van der Waals surface area (Å²) in [6.07, 6.45) is 2.62. The molecule has 2 aromatic rings. The molecule has 0 aromatic carbocycles. The fraction of sp³-hybridized carbons (Fsp3) is 0.632. The van der Waals surface area contributed by atoms with E-state index < -0.39 is 5.60 Å². The predicted octanol–water partition coefficient (Wildman–Crippen LogP) is 3.09. The van der Waals surface area contributed by atoms with Crippen molar-refractivity contribution in [2.45, 2.75) is 65.1 Å². The molecule has 9 nitrogen and oxygen atoms in total. The maximum Gasteiger partial charge on any atom is 0.410 e. The van der Waals surface area contributed by atoms with Crippen LogP contribution in [0.2, 0.25) is 0 Å².